The summed E-state index contributed by atoms with van der Waals surface area (Å²) in [6.07, 6.45) is 71.8. The van der Waals surface area contributed by atoms with E-state index in [0.717, 1.165) is 44.9 Å². The van der Waals surface area contributed by atoms with Crippen molar-refractivity contribution in [2.24, 2.45) is 0 Å². The molecule has 582 valence electrons. The molecule has 0 aromatic rings. The van der Waals surface area contributed by atoms with Crippen LogP contribution in [0.3, 0.4) is 0 Å². The van der Waals surface area contributed by atoms with Crippen molar-refractivity contribution in [3.8, 4) is 0 Å². The number of hydrogen-bond donors (Lipinski definition) is 9. The van der Waals surface area contributed by atoms with E-state index in [9.17, 15) is 45.6 Å². The van der Waals surface area contributed by atoms with Crippen molar-refractivity contribution in [1.29, 1.82) is 0 Å². The monoisotopic (exact) mass is 1390 g/mol. The Hall–Kier alpha value is -1.27. The van der Waals surface area contributed by atoms with Gasteiger partial charge in [-0.2, -0.15) is 0 Å². The summed E-state index contributed by atoms with van der Waals surface area (Å²) in [5.74, 6) is -0.228. The summed E-state index contributed by atoms with van der Waals surface area (Å²) in [7, 11) is 0. The molecule has 2 aliphatic rings. The largest absolute Gasteiger partial charge is 0.394 e. The third-order valence-corrected chi connectivity index (χ3v) is 21.5. The van der Waals surface area contributed by atoms with Crippen molar-refractivity contribution in [3.05, 3.63) is 12.2 Å². The van der Waals surface area contributed by atoms with Gasteiger partial charge >= 0.3 is 0 Å². The zero-order chi connectivity index (χ0) is 70.8. The molecule has 2 heterocycles. The van der Waals surface area contributed by atoms with Crippen LogP contribution in [0.15, 0.2) is 12.2 Å². The lowest BCUT2D eigenvalue weighted by molar-refractivity contribution is -0.359. The molecule has 0 aromatic heterocycles. The smallest absolute Gasteiger partial charge is 0.220 e. The first-order valence-electron chi connectivity index (χ1n) is 42.9. The van der Waals surface area contributed by atoms with E-state index in [-0.39, 0.29) is 18.9 Å². The minimum absolute atomic E-state index is 0.228. The summed E-state index contributed by atoms with van der Waals surface area (Å²) in [5.41, 5.74) is 0. The number of carbonyl (C=O) groups excluding carboxylic acids is 1. The van der Waals surface area contributed by atoms with Gasteiger partial charge in [-0.25, -0.2) is 0 Å². The number of unbranched alkanes of at least 4 members (excludes halogenated alkanes) is 61. The lowest BCUT2D eigenvalue weighted by atomic mass is 9.97. The number of allylic oxidation sites excluding steroid dienone is 1. The van der Waals surface area contributed by atoms with Gasteiger partial charge in [0, 0.05) is 6.42 Å². The van der Waals surface area contributed by atoms with Crippen LogP contribution in [0.4, 0.5) is 0 Å². The molecule has 14 heteroatoms. The maximum absolute atomic E-state index is 13.4. The molecule has 0 radical (unpaired) electrons. The molecule has 0 aromatic carbocycles. The van der Waals surface area contributed by atoms with Crippen molar-refractivity contribution in [1.82, 2.24) is 5.32 Å². The topological polar surface area (TPSA) is 228 Å². The first-order chi connectivity index (χ1) is 48.1. The molecule has 0 bridgehead atoms. The molecular formula is C84H163NO13. The summed E-state index contributed by atoms with van der Waals surface area (Å²) >= 11 is 0. The van der Waals surface area contributed by atoms with Crippen molar-refractivity contribution >= 4 is 5.91 Å². The normalized spacial score (nSPS) is 22.0. The second kappa shape index (κ2) is 68.8. The molecule has 2 fully saturated rings. The van der Waals surface area contributed by atoms with Gasteiger partial charge in [-0.3, -0.25) is 4.79 Å². The molecule has 2 rings (SSSR count). The van der Waals surface area contributed by atoms with Gasteiger partial charge < -0.3 is 65.1 Å². The Bertz CT molecular complexity index is 1690. The molecule has 12 unspecified atom stereocenters. The fraction of sp³-hybridized carbons (Fsp3) is 0.964. The van der Waals surface area contributed by atoms with Crippen molar-refractivity contribution in [3.63, 3.8) is 0 Å². The van der Waals surface area contributed by atoms with Gasteiger partial charge in [0.05, 0.1) is 32.0 Å². The van der Waals surface area contributed by atoms with Gasteiger partial charge in [0.25, 0.3) is 0 Å². The fourth-order valence-electron chi connectivity index (χ4n) is 14.7. The number of amides is 1. The molecule has 2 aliphatic heterocycles. The number of hydrogen-bond acceptors (Lipinski definition) is 13. The Morgan fingerprint density at radius 3 is 0.939 bits per heavy atom. The molecule has 98 heavy (non-hydrogen) atoms. The van der Waals surface area contributed by atoms with Crippen molar-refractivity contribution in [2.45, 2.75) is 498 Å². The molecule has 14 nitrogen and oxygen atoms in total. The van der Waals surface area contributed by atoms with E-state index in [4.69, 9.17) is 18.9 Å². The predicted octanol–water partition coefficient (Wildman–Crippen LogP) is 20.0. The van der Waals surface area contributed by atoms with E-state index in [0.29, 0.717) is 0 Å². The highest BCUT2D eigenvalue weighted by Gasteiger charge is 2.51. The van der Waals surface area contributed by atoms with Crippen LogP contribution in [0.1, 0.15) is 425 Å². The van der Waals surface area contributed by atoms with Crippen LogP contribution < -0.4 is 5.32 Å². The van der Waals surface area contributed by atoms with Gasteiger partial charge in [0.2, 0.25) is 5.91 Å². The maximum Gasteiger partial charge on any atom is 0.220 e. The van der Waals surface area contributed by atoms with Crippen LogP contribution in [-0.4, -0.2) is 140 Å². The summed E-state index contributed by atoms with van der Waals surface area (Å²) in [4.78, 5) is 13.4. The lowest BCUT2D eigenvalue weighted by Gasteiger charge is -2.46. The van der Waals surface area contributed by atoms with Crippen LogP contribution in [0.25, 0.3) is 0 Å². The Morgan fingerprint density at radius 1 is 0.357 bits per heavy atom. The summed E-state index contributed by atoms with van der Waals surface area (Å²) in [6.45, 7) is 2.89. The standard InChI is InChI=1S/C84H163NO13/c1-3-5-7-9-11-13-15-17-19-21-23-25-27-29-31-33-34-35-36-37-38-39-40-42-44-46-48-50-52-54-56-58-60-62-64-66-68-76(89)85-72(71-95-83-81(94)79(92)82(75(70-87)97-83)98-84-80(93)78(91)77(90)74(69-86)96-84)73(88)67-65-63-61-59-57-55-53-51-49-47-45-43-41-32-30-28-26-24-22-20-18-16-14-12-10-8-6-4-2/h65,67,72-75,77-84,86-88,90-94H,3-64,66,68-71H2,1-2H3,(H,85,89)/b67-65+. The number of rotatable bonds is 74. The Morgan fingerprint density at radius 2 is 0.633 bits per heavy atom. The minimum atomic E-state index is -1.79. The molecule has 0 saturated carbocycles. The van der Waals surface area contributed by atoms with E-state index in [2.05, 4.69) is 19.2 Å². The van der Waals surface area contributed by atoms with Crippen LogP contribution in [-0.2, 0) is 23.7 Å². The highest BCUT2D eigenvalue weighted by molar-refractivity contribution is 5.76. The number of aliphatic hydroxyl groups excluding tert-OH is 8. The average molecular weight is 1400 g/mol. The molecule has 0 aliphatic carbocycles. The Kier molecular flexibility index (Phi) is 65.2. The fourth-order valence-corrected chi connectivity index (χ4v) is 14.7. The lowest BCUT2D eigenvalue weighted by Crippen LogP contribution is -2.65. The Labute approximate surface area is 603 Å². The van der Waals surface area contributed by atoms with Gasteiger partial charge in [-0.1, -0.05) is 411 Å². The number of ether oxygens (including phenoxy) is 4. The highest BCUT2D eigenvalue weighted by atomic mass is 16.7. The number of carbonyl (C=O) groups is 1. The van der Waals surface area contributed by atoms with E-state index in [1.807, 2.05) is 6.08 Å². The zero-order valence-electron chi connectivity index (χ0n) is 64.1. The summed E-state index contributed by atoms with van der Waals surface area (Å²) in [6, 6.07) is -0.913. The van der Waals surface area contributed by atoms with Crippen LogP contribution in [0.2, 0.25) is 0 Å². The van der Waals surface area contributed by atoms with E-state index in [1.165, 1.54) is 360 Å². The van der Waals surface area contributed by atoms with Gasteiger partial charge in [-0.15, -0.1) is 0 Å². The minimum Gasteiger partial charge on any atom is -0.394 e. The molecule has 1 amide bonds. The van der Waals surface area contributed by atoms with Gasteiger partial charge in [-0.05, 0) is 19.3 Å². The molecule has 12 atom stereocenters. The second-order valence-corrected chi connectivity index (χ2v) is 30.7. The third kappa shape index (κ3) is 51.0. The van der Waals surface area contributed by atoms with E-state index >= 15 is 0 Å². The van der Waals surface area contributed by atoms with Crippen LogP contribution in [0.5, 0.6) is 0 Å². The second-order valence-electron chi connectivity index (χ2n) is 30.7. The quantitative estimate of drug-likeness (QED) is 0.0204. The Balaban J connectivity index is 1.57. The highest BCUT2D eigenvalue weighted by Crippen LogP contribution is 2.31. The SMILES string of the molecule is CCCCCCCCCCCCCCCCCCCCCCCCCCCC/C=C/C(O)C(COC1OC(CO)C(OC2OC(CO)C(O)C(O)C2O)C(O)C1O)NC(=O)CCCCCCCCCCCCCCCCCCCCCCCCCCCCCCCCCCCCCC. The average Bonchev–Trinajstić information content (AvgIpc) is 0.792. The molecule has 2 saturated heterocycles. The maximum atomic E-state index is 13.4. The first kappa shape index (κ1) is 92.8. The van der Waals surface area contributed by atoms with Crippen molar-refractivity contribution in [2.75, 3.05) is 19.8 Å². The van der Waals surface area contributed by atoms with Gasteiger partial charge in [0.15, 0.2) is 12.6 Å². The first-order valence-corrected chi connectivity index (χ1v) is 42.9. The third-order valence-electron chi connectivity index (χ3n) is 21.5. The summed E-state index contributed by atoms with van der Waals surface area (Å²) < 4.78 is 23.0. The predicted molar refractivity (Wildman–Crippen MR) is 406 cm³/mol. The van der Waals surface area contributed by atoms with E-state index < -0.39 is 86.8 Å². The van der Waals surface area contributed by atoms with Crippen molar-refractivity contribution < 1.29 is 64.6 Å². The van der Waals surface area contributed by atoms with Crippen LogP contribution >= 0.6 is 0 Å². The van der Waals surface area contributed by atoms with Gasteiger partial charge in [0.1, 0.15) is 48.8 Å². The molecule has 9 N–H and O–H groups in total. The molecular weight excluding hydrogens is 1230 g/mol. The number of nitrogens with one attached hydrogen (secondary N) is 1. The number of aliphatic hydroxyl groups is 8. The van der Waals surface area contributed by atoms with Crippen LogP contribution in [0, 0.1) is 0 Å². The zero-order valence-corrected chi connectivity index (χ0v) is 64.1. The molecule has 0 spiro atoms. The van der Waals surface area contributed by atoms with E-state index in [1.54, 1.807) is 6.08 Å². The summed E-state index contributed by atoms with van der Waals surface area (Å²) in [5, 5.41) is 87.8.